The van der Waals surface area contributed by atoms with E-state index >= 15 is 0 Å². The zero-order chi connectivity index (χ0) is 12.2. The lowest BCUT2D eigenvalue weighted by molar-refractivity contribution is -0.171. The van der Waals surface area contributed by atoms with E-state index in [9.17, 15) is 23.9 Å². The van der Waals surface area contributed by atoms with Gasteiger partial charge >= 0.3 is 5.97 Å². The molecular weight excluding hydrogens is 221 g/mol. The molecule has 5 atom stereocenters. The summed E-state index contributed by atoms with van der Waals surface area (Å²) in [6.07, 6.45) is -3.11. The lowest BCUT2D eigenvalue weighted by atomic mass is 9.83. The molecule has 2 unspecified atom stereocenters. The van der Waals surface area contributed by atoms with E-state index in [0.29, 0.717) is 4.90 Å². The lowest BCUT2D eigenvalue weighted by Crippen LogP contribution is -2.66. The molecule has 0 radical (unpaired) electrons. The van der Waals surface area contributed by atoms with Crippen molar-refractivity contribution in [2.45, 2.75) is 31.3 Å². The average Bonchev–Trinajstić information content (AvgIpc) is 2.38. The van der Waals surface area contributed by atoms with Crippen LogP contribution in [0.2, 0.25) is 0 Å². The Balaban J connectivity index is 2.32. The van der Waals surface area contributed by atoms with Gasteiger partial charge < -0.3 is 15.1 Å². The number of hydrogen-bond donors (Lipinski definition) is 2. The molecule has 1 amide bonds. The number of carboxylic acids is 1. The van der Waals surface area contributed by atoms with Gasteiger partial charge in [0.1, 0.15) is 0 Å². The Morgan fingerprint density at radius 1 is 1.50 bits per heavy atom. The highest BCUT2D eigenvalue weighted by Crippen LogP contribution is 2.41. The predicted octanol–water partition coefficient (Wildman–Crippen LogP) is -1.43. The molecule has 2 aliphatic heterocycles. The molecule has 16 heavy (non-hydrogen) atoms. The number of ketones is 1. The molecule has 2 rings (SSSR count). The van der Waals surface area contributed by atoms with Gasteiger partial charge in [0.2, 0.25) is 11.7 Å². The molecule has 2 fully saturated rings. The first kappa shape index (κ1) is 11.0. The zero-order valence-electron chi connectivity index (χ0n) is 8.33. The molecule has 2 heterocycles. The van der Waals surface area contributed by atoms with Crippen molar-refractivity contribution in [3.63, 3.8) is 0 Å². The summed E-state index contributed by atoms with van der Waals surface area (Å²) in [4.78, 5) is 34.2. The second-order valence-corrected chi connectivity index (χ2v) is 4.05. The van der Waals surface area contributed by atoms with Crippen molar-refractivity contribution in [2.24, 2.45) is 5.92 Å². The molecule has 0 aromatic heterocycles. The number of hydrogen-bond acceptors (Lipinski definition) is 4. The van der Waals surface area contributed by atoms with E-state index < -0.39 is 47.9 Å². The predicted molar refractivity (Wildman–Crippen MR) is 47.1 cm³/mol. The van der Waals surface area contributed by atoms with Crippen molar-refractivity contribution in [3.05, 3.63) is 0 Å². The van der Waals surface area contributed by atoms with Gasteiger partial charge in [0.15, 0.2) is 12.2 Å². The Morgan fingerprint density at radius 3 is 2.50 bits per heavy atom. The van der Waals surface area contributed by atoms with Crippen LogP contribution in [0.15, 0.2) is 0 Å². The van der Waals surface area contributed by atoms with Crippen LogP contribution in [-0.2, 0) is 14.4 Å². The van der Waals surface area contributed by atoms with Gasteiger partial charge in [0.25, 0.3) is 0 Å². The number of aliphatic carboxylic acids is 1. The SMILES string of the molecule is C[C@@H](O)[C@H]1C(=O)N2C(C(=O)O)C(=O)C(F)[C@@H]12. The van der Waals surface area contributed by atoms with E-state index in [1.54, 1.807) is 0 Å². The van der Waals surface area contributed by atoms with Crippen LogP contribution in [0, 0.1) is 5.92 Å². The van der Waals surface area contributed by atoms with Crippen molar-refractivity contribution < 1.29 is 29.0 Å². The van der Waals surface area contributed by atoms with E-state index in [4.69, 9.17) is 5.11 Å². The number of alkyl halides is 1. The molecule has 7 heteroatoms. The largest absolute Gasteiger partial charge is 0.479 e. The number of rotatable bonds is 2. The van der Waals surface area contributed by atoms with Gasteiger partial charge in [-0.25, -0.2) is 9.18 Å². The number of nitrogens with zero attached hydrogens (tertiary/aromatic N) is 1. The number of carboxylic acid groups (broad SMARTS) is 1. The van der Waals surface area contributed by atoms with Gasteiger partial charge in [-0.1, -0.05) is 0 Å². The van der Waals surface area contributed by atoms with Crippen LogP contribution < -0.4 is 0 Å². The summed E-state index contributed by atoms with van der Waals surface area (Å²) in [7, 11) is 0. The molecule has 0 aromatic rings. The number of Topliss-reactive ketones (excluding diaryl/α,β-unsaturated/α-hetero) is 1. The molecule has 0 saturated carbocycles. The summed E-state index contributed by atoms with van der Waals surface area (Å²) < 4.78 is 13.5. The molecule has 2 aliphatic rings. The number of fused-ring (bicyclic) bond motifs is 1. The molecule has 0 aliphatic carbocycles. The Morgan fingerprint density at radius 2 is 2.06 bits per heavy atom. The average molecular weight is 231 g/mol. The third-order valence-corrected chi connectivity index (χ3v) is 3.10. The van der Waals surface area contributed by atoms with E-state index in [1.807, 2.05) is 0 Å². The highest BCUT2D eigenvalue weighted by molar-refractivity contribution is 6.13. The minimum absolute atomic E-state index is 0.680. The number of halogens is 1. The fourth-order valence-electron chi connectivity index (χ4n) is 2.37. The van der Waals surface area contributed by atoms with Crippen LogP contribution in [0.5, 0.6) is 0 Å². The maximum Gasteiger partial charge on any atom is 0.334 e. The molecule has 0 spiro atoms. The van der Waals surface area contributed by atoms with Gasteiger partial charge in [-0.15, -0.1) is 0 Å². The smallest absolute Gasteiger partial charge is 0.334 e. The van der Waals surface area contributed by atoms with Crippen LogP contribution in [0.3, 0.4) is 0 Å². The minimum Gasteiger partial charge on any atom is -0.479 e. The van der Waals surface area contributed by atoms with Crippen LogP contribution in [0.25, 0.3) is 0 Å². The first-order valence-corrected chi connectivity index (χ1v) is 4.78. The number of carbonyl (C=O) groups is 3. The van der Waals surface area contributed by atoms with E-state index in [0.717, 1.165) is 0 Å². The van der Waals surface area contributed by atoms with Crippen LogP contribution in [-0.4, -0.2) is 57.1 Å². The van der Waals surface area contributed by atoms with Crippen LogP contribution in [0.1, 0.15) is 6.92 Å². The normalized spacial score (nSPS) is 39.3. The third-order valence-electron chi connectivity index (χ3n) is 3.10. The van der Waals surface area contributed by atoms with Gasteiger partial charge in [0.05, 0.1) is 18.1 Å². The van der Waals surface area contributed by atoms with Crippen molar-refractivity contribution >= 4 is 17.7 Å². The van der Waals surface area contributed by atoms with Crippen molar-refractivity contribution in [1.29, 1.82) is 0 Å². The molecule has 2 saturated heterocycles. The third kappa shape index (κ3) is 1.12. The topological polar surface area (TPSA) is 94.9 Å². The molecule has 0 aromatic carbocycles. The number of aliphatic hydroxyl groups excluding tert-OH is 1. The van der Waals surface area contributed by atoms with E-state index in [-0.39, 0.29) is 0 Å². The number of carbonyl (C=O) groups excluding carboxylic acids is 2. The quantitative estimate of drug-likeness (QED) is 0.448. The Hall–Kier alpha value is -1.50. The molecule has 6 nitrogen and oxygen atoms in total. The Labute approximate surface area is 89.6 Å². The maximum absolute atomic E-state index is 13.5. The van der Waals surface area contributed by atoms with Crippen LogP contribution >= 0.6 is 0 Å². The lowest BCUT2D eigenvalue weighted by Gasteiger charge is -2.45. The molecule has 88 valence electrons. The standard InChI is InChI=1S/C9H10FNO5/c1-2(12)3-5-4(10)7(13)6(9(15)16)11(5)8(3)14/h2-6,12H,1H3,(H,15,16)/t2-,3-,4?,5-,6?/m1/s1. The van der Waals surface area contributed by atoms with Gasteiger partial charge in [-0.2, -0.15) is 0 Å². The highest BCUT2D eigenvalue weighted by atomic mass is 19.1. The van der Waals surface area contributed by atoms with Crippen molar-refractivity contribution in [1.82, 2.24) is 4.90 Å². The summed E-state index contributed by atoms with van der Waals surface area (Å²) in [5.74, 6) is -4.34. The first-order valence-electron chi connectivity index (χ1n) is 4.78. The van der Waals surface area contributed by atoms with Crippen molar-refractivity contribution in [2.75, 3.05) is 0 Å². The van der Waals surface area contributed by atoms with Gasteiger partial charge in [-0.3, -0.25) is 9.59 Å². The molecule has 2 N–H and O–H groups in total. The summed E-state index contributed by atoms with van der Waals surface area (Å²) in [5.41, 5.74) is 0. The van der Waals surface area contributed by atoms with E-state index in [1.165, 1.54) is 6.92 Å². The van der Waals surface area contributed by atoms with Crippen LogP contribution in [0.4, 0.5) is 4.39 Å². The van der Waals surface area contributed by atoms with E-state index in [2.05, 4.69) is 0 Å². The second kappa shape index (κ2) is 3.24. The minimum atomic E-state index is -2.02. The van der Waals surface area contributed by atoms with Gasteiger partial charge in [0, 0.05) is 0 Å². The zero-order valence-corrected chi connectivity index (χ0v) is 8.33. The fraction of sp³-hybridized carbons (Fsp3) is 0.667. The number of β-lactam (4-membered cyclic amide) rings is 1. The Kier molecular flexibility index (Phi) is 2.23. The summed E-state index contributed by atoms with van der Waals surface area (Å²) >= 11 is 0. The monoisotopic (exact) mass is 231 g/mol. The fourth-order valence-corrected chi connectivity index (χ4v) is 2.37. The summed E-state index contributed by atoms with van der Waals surface area (Å²) in [6, 6.07) is -2.86. The Bertz CT molecular complexity index is 382. The number of aliphatic hydroxyl groups is 1. The number of amides is 1. The van der Waals surface area contributed by atoms with Crippen molar-refractivity contribution in [3.8, 4) is 0 Å². The summed E-state index contributed by atoms with van der Waals surface area (Å²) in [5, 5.41) is 18.0. The van der Waals surface area contributed by atoms with Gasteiger partial charge in [-0.05, 0) is 6.92 Å². The summed E-state index contributed by atoms with van der Waals surface area (Å²) in [6.45, 7) is 1.31. The molecular formula is C9H10FNO5. The first-order chi connectivity index (χ1) is 7.37. The maximum atomic E-state index is 13.5. The highest BCUT2D eigenvalue weighted by Gasteiger charge is 2.66. The second-order valence-electron chi connectivity index (χ2n) is 4.05. The molecule has 0 bridgehead atoms.